The second kappa shape index (κ2) is 13.2. The first-order valence-corrected chi connectivity index (χ1v) is 16.0. The van der Waals surface area contributed by atoms with Crippen LogP contribution in [0.2, 0.25) is 5.02 Å². The predicted octanol–water partition coefficient (Wildman–Crippen LogP) is 8.00. The lowest BCUT2D eigenvalue weighted by atomic mass is 9.69. The van der Waals surface area contributed by atoms with Crippen LogP contribution >= 0.6 is 11.6 Å². The zero-order valence-electron chi connectivity index (χ0n) is 25.2. The third kappa shape index (κ3) is 5.94. The molecule has 0 saturated carbocycles. The van der Waals surface area contributed by atoms with Crippen molar-refractivity contribution in [1.29, 1.82) is 0 Å². The topological polar surface area (TPSA) is 55.2 Å². The number of fused-ring (bicyclic) bond motifs is 1. The van der Waals surface area contributed by atoms with Gasteiger partial charge in [-0.15, -0.1) is 0 Å². The number of likely N-dealkylation sites (tertiary alicyclic amines) is 1. The Bertz CT molecular complexity index is 1760. The van der Waals surface area contributed by atoms with Gasteiger partial charge in [0, 0.05) is 35.9 Å². The SMILES string of the molecule is CCCCC(Cc1nc2ccccc2c(=O)n1-c1cccc(Cl)c1)C(=O)N1CCCC(c2ccccc2)(c2ccccc2)C1. The summed E-state index contributed by atoms with van der Waals surface area (Å²) in [6.45, 7) is 3.48. The number of aromatic nitrogens is 2. The highest BCUT2D eigenvalue weighted by molar-refractivity contribution is 6.30. The highest BCUT2D eigenvalue weighted by Gasteiger charge is 2.41. The van der Waals surface area contributed by atoms with Crippen molar-refractivity contribution in [2.75, 3.05) is 13.1 Å². The summed E-state index contributed by atoms with van der Waals surface area (Å²) in [7, 11) is 0. The van der Waals surface area contributed by atoms with E-state index in [1.807, 2.05) is 42.5 Å². The lowest BCUT2D eigenvalue weighted by molar-refractivity contribution is -0.137. The molecule has 0 spiro atoms. The van der Waals surface area contributed by atoms with Crippen LogP contribution in [0.15, 0.2) is 114 Å². The van der Waals surface area contributed by atoms with Gasteiger partial charge >= 0.3 is 0 Å². The number of carbonyl (C=O) groups is 1. The van der Waals surface area contributed by atoms with Crippen LogP contribution in [-0.2, 0) is 16.6 Å². The van der Waals surface area contributed by atoms with Crippen LogP contribution in [0, 0.1) is 5.92 Å². The van der Waals surface area contributed by atoms with Gasteiger partial charge in [-0.3, -0.25) is 14.2 Å². The Morgan fingerprint density at radius 2 is 1.59 bits per heavy atom. The predicted molar refractivity (Wildman–Crippen MR) is 179 cm³/mol. The van der Waals surface area contributed by atoms with E-state index in [0.29, 0.717) is 40.4 Å². The number of nitrogens with zero attached hydrogens (tertiary/aromatic N) is 3. The average Bonchev–Trinajstić information content (AvgIpc) is 3.07. The Morgan fingerprint density at radius 1 is 0.909 bits per heavy atom. The van der Waals surface area contributed by atoms with Gasteiger partial charge in [0.1, 0.15) is 5.82 Å². The Hall–Kier alpha value is -4.22. The van der Waals surface area contributed by atoms with E-state index < -0.39 is 0 Å². The van der Waals surface area contributed by atoms with Gasteiger partial charge in [0.25, 0.3) is 5.56 Å². The number of amides is 1. The largest absolute Gasteiger partial charge is 0.341 e. The summed E-state index contributed by atoms with van der Waals surface area (Å²) in [6.07, 6.45) is 4.89. The minimum absolute atomic E-state index is 0.134. The molecule has 6 rings (SSSR count). The van der Waals surface area contributed by atoms with Crippen molar-refractivity contribution in [2.45, 2.75) is 50.9 Å². The molecule has 6 heteroatoms. The highest BCUT2D eigenvalue weighted by atomic mass is 35.5. The van der Waals surface area contributed by atoms with Gasteiger partial charge in [-0.2, -0.15) is 0 Å². The summed E-state index contributed by atoms with van der Waals surface area (Å²) in [5.74, 6) is 0.407. The minimum Gasteiger partial charge on any atom is -0.341 e. The van der Waals surface area contributed by atoms with Crippen LogP contribution in [0.5, 0.6) is 0 Å². The summed E-state index contributed by atoms with van der Waals surface area (Å²) in [6, 6.07) is 35.9. The number of hydrogen-bond acceptors (Lipinski definition) is 3. The summed E-state index contributed by atoms with van der Waals surface area (Å²) >= 11 is 6.38. The van der Waals surface area contributed by atoms with Crippen LogP contribution in [0.1, 0.15) is 56.0 Å². The van der Waals surface area contributed by atoms with Gasteiger partial charge in [-0.25, -0.2) is 4.98 Å². The molecule has 5 nitrogen and oxygen atoms in total. The molecule has 1 fully saturated rings. The molecule has 0 aliphatic carbocycles. The van der Waals surface area contributed by atoms with Crippen LogP contribution in [-0.4, -0.2) is 33.4 Å². The van der Waals surface area contributed by atoms with Gasteiger partial charge < -0.3 is 4.90 Å². The van der Waals surface area contributed by atoms with Crippen LogP contribution < -0.4 is 5.56 Å². The molecule has 2 heterocycles. The van der Waals surface area contributed by atoms with E-state index in [0.717, 1.165) is 38.6 Å². The second-order valence-electron chi connectivity index (χ2n) is 11.9. The van der Waals surface area contributed by atoms with Crippen LogP contribution in [0.25, 0.3) is 16.6 Å². The fourth-order valence-electron chi connectivity index (χ4n) is 6.84. The first kappa shape index (κ1) is 29.8. The van der Waals surface area contributed by atoms with Gasteiger partial charge in [-0.1, -0.05) is 110 Å². The Kier molecular flexibility index (Phi) is 8.94. The molecular formula is C38H38ClN3O2. The van der Waals surface area contributed by atoms with E-state index >= 15 is 0 Å². The molecule has 4 aromatic carbocycles. The zero-order valence-corrected chi connectivity index (χ0v) is 25.9. The van der Waals surface area contributed by atoms with Crippen molar-refractivity contribution in [2.24, 2.45) is 5.92 Å². The van der Waals surface area contributed by atoms with Gasteiger partial charge in [0.15, 0.2) is 0 Å². The van der Waals surface area contributed by atoms with Crippen LogP contribution in [0.4, 0.5) is 0 Å². The van der Waals surface area contributed by atoms with Crippen molar-refractivity contribution in [3.8, 4) is 5.69 Å². The standard InChI is InChI=1S/C38H38ClN3O2/c1-2-3-14-28(25-35-40-34-22-11-10-21-33(34)37(44)42(35)32-20-12-19-31(39)26-32)36(43)41-24-13-23-38(27-41,29-15-6-4-7-16-29)30-17-8-5-9-18-30/h4-12,15-22,26,28H,2-3,13-14,23-25,27H2,1H3. The maximum atomic E-state index is 14.6. The van der Waals surface area contributed by atoms with Crippen LogP contribution in [0.3, 0.4) is 0 Å². The molecule has 1 aromatic heterocycles. The normalized spacial score (nSPS) is 15.3. The molecular weight excluding hydrogens is 566 g/mol. The quantitative estimate of drug-likeness (QED) is 0.172. The zero-order chi connectivity index (χ0) is 30.5. The number of unbranched alkanes of at least 4 members (excludes halogenated alkanes) is 1. The summed E-state index contributed by atoms with van der Waals surface area (Å²) < 4.78 is 1.65. The molecule has 1 atom stereocenters. The third-order valence-electron chi connectivity index (χ3n) is 9.05. The van der Waals surface area contributed by atoms with Crippen molar-refractivity contribution in [3.05, 3.63) is 142 Å². The molecule has 1 aliphatic heterocycles. The van der Waals surface area contributed by atoms with E-state index in [1.54, 1.807) is 22.8 Å². The fraction of sp³-hybridized carbons (Fsp3) is 0.289. The average molecular weight is 604 g/mol. The van der Waals surface area contributed by atoms with Gasteiger partial charge in [-0.05, 0) is 60.7 Å². The molecule has 5 aromatic rings. The monoisotopic (exact) mass is 603 g/mol. The molecule has 1 aliphatic rings. The molecule has 1 saturated heterocycles. The molecule has 0 bridgehead atoms. The van der Waals surface area contributed by atoms with Gasteiger partial charge in [0.05, 0.1) is 16.6 Å². The summed E-state index contributed by atoms with van der Waals surface area (Å²) in [5, 5.41) is 1.08. The lowest BCUT2D eigenvalue weighted by Gasteiger charge is -2.45. The number of para-hydroxylation sites is 1. The number of piperidine rings is 1. The van der Waals surface area contributed by atoms with Crippen molar-refractivity contribution in [1.82, 2.24) is 14.5 Å². The Labute approximate surface area is 264 Å². The first-order valence-electron chi connectivity index (χ1n) is 15.7. The Balaban J connectivity index is 1.40. The van der Waals surface area contributed by atoms with E-state index in [1.165, 1.54) is 11.1 Å². The molecule has 0 N–H and O–H groups in total. The number of halogens is 1. The van der Waals surface area contributed by atoms with Crippen molar-refractivity contribution in [3.63, 3.8) is 0 Å². The molecule has 44 heavy (non-hydrogen) atoms. The van der Waals surface area contributed by atoms with Crippen molar-refractivity contribution < 1.29 is 4.79 Å². The van der Waals surface area contributed by atoms with Gasteiger partial charge in [0.2, 0.25) is 5.91 Å². The molecule has 1 unspecified atom stereocenters. The number of carbonyl (C=O) groups excluding carboxylic acids is 1. The summed E-state index contributed by atoms with van der Waals surface area (Å²) in [5.41, 5.74) is 3.33. The van der Waals surface area contributed by atoms with Crippen molar-refractivity contribution >= 4 is 28.4 Å². The van der Waals surface area contributed by atoms with E-state index in [9.17, 15) is 9.59 Å². The number of hydrogen-bond donors (Lipinski definition) is 0. The molecule has 224 valence electrons. The fourth-order valence-corrected chi connectivity index (χ4v) is 7.02. The van der Waals surface area contributed by atoms with E-state index in [2.05, 4.69) is 60.4 Å². The maximum Gasteiger partial charge on any atom is 0.265 e. The minimum atomic E-state index is -0.309. The number of rotatable bonds is 9. The maximum absolute atomic E-state index is 14.6. The lowest BCUT2D eigenvalue weighted by Crippen LogP contribution is -2.51. The molecule has 1 amide bonds. The summed E-state index contributed by atoms with van der Waals surface area (Å²) in [4.78, 5) is 35.6. The third-order valence-corrected chi connectivity index (χ3v) is 9.29. The highest BCUT2D eigenvalue weighted by Crippen LogP contribution is 2.41. The van der Waals surface area contributed by atoms with E-state index in [-0.39, 0.29) is 22.8 Å². The Morgan fingerprint density at radius 3 is 2.27 bits per heavy atom. The second-order valence-corrected chi connectivity index (χ2v) is 12.3. The molecule has 0 radical (unpaired) electrons. The number of benzene rings is 4. The smallest absolute Gasteiger partial charge is 0.265 e. The first-order chi connectivity index (χ1) is 21.5. The van der Waals surface area contributed by atoms with E-state index in [4.69, 9.17) is 16.6 Å².